The van der Waals surface area contributed by atoms with E-state index in [4.69, 9.17) is 4.74 Å². The fourth-order valence-corrected chi connectivity index (χ4v) is 2.29. The second-order valence-corrected chi connectivity index (χ2v) is 5.50. The molecule has 0 radical (unpaired) electrons. The van der Waals surface area contributed by atoms with Crippen molar-refractivity contribution in [2.45, 2.75) is 39.8 Å². The third-order valence-corrected chi connectivity index (χ3v) is 3.16. The summed E-state index contributed by atoms with van der Waals surface area (Å²) in [5.74, 6) is -0.628. The molecule has 1 N–H and O–H groups in total. The van der Waals surface area contributed by atoms with Crippen molar-refractivity contribution >= 4 is 16.9 Å². The fourth-order valence-electron chi connectivity index (χ4n) is 2.29. The summed E-state index contributed by atoms with van der Waals surface area (Å²) >= 11 is 0. The number of aromatic nitrogens is 1. The van der Waals surface area contributed by atoms with Gasteiger partial charge in [-0.05, 0) is 39.8 Å². The number of carbonyl (C=O) groups is 1. The largest absolute Gasteiger partial charge is 0.489 e. The quantitative estimate of drug-likeness (QED) is 0.939. The molecular formula is C16H19NO4. The average molecular weight is 289 g/mol. The molecule has 2 rings (SSSR count). The van der Waals surface area contributed by atoms with E-state index in [1.165, 1.54) is 6.20 Å². The number of carboxylic acids is 1. The molecule has 0 amide bonds. The molecular weight excluding hydrogens is 270 g/mol. The first-order valence-electron chi connectivity index (χ1n) is 6.90. The van der Waals surface area contributed by atoms with Crippen LogP contribution in [0.2, 0.25) is 0 Å². The Bertz CT molecular complexity index is 744. The SMILES string of the molecule is CC(C)Oc1cccc2c(=O)c(C(=O)O)cn(C(C)C)c12. The molecule has 5 heteroatoms. The topological polar surface area (TPSA) is 68.5 Å². The van der Waals surface area contributed by atoms with Crippen molar-refractivity contribution in [1.29, 1.82) is 0 Å². The van der Waals surface area contributed by atoms with E-state index in [2.05, 4.69) is 0 Å². The van der Waals surface area contributed by atoms with Crippen molar-refractivity contribution in [3.05, 3.63) is 40.2 Å². The van der Waals surface area contributed by atoms with Gasteiger partial charge in [0, 0.05) is 12.2 Å². The summed E-state index contributed by atoms with van der Waals surface area (Å²) in [6, 6.07) is 5.14. The summed E-state index contributed by atoms with van der Waals surface area (Å²) in [4.78, 5) is 23.6. The van der Waals surface area contributed by atoms with Crippen LogP contribution in [0, 0.1) is 0 Å². The fraction of sp³-hybridized carbons (Fsp3) is 0.375. The van der Waals surface area contributed by atoms with Crippen LogP contribution in [0.4, 0.5) is 0 Å². The molecule has 0 unspecified atom stereocenters. The van der Waals surface area contributed by atoms with Crippen LogP contribution in [0.3, 0.4) is 0 Å². The van der Waals surface area contributed by atoms with Crippen molar-refractivity contribution < 1.29 is 14.6 Å². The molecule has 0 saturated heterocycles. The zero-order chi connectivity index (χ0) is 15.7. The second kappa shape index (κ2) is 5.60. The summed E-state index contributed by atoms with van der Waals surface area (Å²) in [6.07, 6.45) is 1.36. The van der Waals surface area contributed by atoms with Crippen LogP contribution in [0.1, 0.15) is 44.1 Å². The molecule has 0 aliphatic rings. The van der Waals surface area contributed by atoms with E-state index in [1.54, 1.807) is 22.8 Å². The van der Waals surface area contributed by atoms with Crippen LogP contribution >= 0.6 is 0 Å². The molecule has 0 aliphatic heterocycles. The van der Waals surface area contributed by atoms with Crippen LogP contribution in [0.25, 0.3) is 10.9 Å². The Morgan fingerprint density at radius 1 is 1.24 bits per heavy atom. The number of hydrogen-bond acceptors (Lipinski definition) is 3. The Labute approximate surface area is 122 Å². The molecule has 1 aromatic heterocycles. The highest BCUT2D eigenvalue weighted by Crippen LogP contribution is 2.27. The van der Waals surface area contributed by atoms with E-state index < -0.39 is 11.4 Å². The monoisotopic (exact) mass is 289 g/mol. The molecule has 1 heterocycles. The third-order valence-electron chi connectivity index (χ3n) is 3.16. The Balaban J connectivity index is 2.90. The number of aromatic carboxylic acids is 1. The molecule has 5 nitrogen and oxygen atoms in total. The minimum absolute atomic E-state index is 0.00288. The predicted molar refractivity (Wildman–Crippen MR) is 81.3 cm³/mol. The molecule has 0 aliphatic carbocycles. The van der Waals surface area contributed by atoms with E-state index in [9.17, 15) is 14.7 Å². The van der Waals surface area contributed by atoms with Gasteiger partial charge in [0.15, 0.2) is 0 Å². The van der Waals surface area contributed by atoms with Crippen molar-refractivity contribution in [2.24, 2.45) is 0 Å². The second-order valence-electron chi connectivity index (χ2n) is 5.50. The van der Waals surface area contributed by atoms with Crippen molar-refractivity contribution in [3.63, 3.8) is 0 Å². The van der Waals surface area contributed by atoms with Gasteiger partial charge in [0.2, 0.25) is 5.43 Å². The predicted octanol–water partition coefficient (Wildman–Crippen LogP) is 3.07. The van der Waals surface area contributed by atoms with Crippen LogP contribution in [-0.4, -0.2) is 21.7 Å². The van der Waals surface area contributed by atoms with Gasteiger partial charge >= 0.3 is 5.97 Å². The first kappa shape index (κ1) is 15.1. The summed E-state index contributed by atoms with van der Waals surface area (Å²) < 4.78 is 7.54. The van der Waals surface area contributed by atoms with Gasteiger partial charge in [0.05, 0.1) is 17.0 Å². The zero-order valence-electron chi connectivity index (χ0n) is 12.6. The molecule has 0 spiro atoms. The minimum atomic E-state index is -1.22. The average Bonchev–Trinajstić information content (AvgIpc) is 2.38. The molecule has 0 saturated carbocycles. The Kier molecular flexibility index (Phi) is 4.02. The van der Waals surface area contributed by atoms with Crippen LogP contribution in [0.5, 0.6) is 5.75 Å². The Hall–Kier alpha value is -2.30. The number of hydrogen-bond donors (Lipinski definition) is 1. The van der Waals surface area contributed by atoms with Crippen molar-refractivity contribution in [3.8, 4) is 5.75 Å². The number of nitrogens with zero attached hydrogens (tertiary/aromatic N) is 1. The highest BCUT2D eigenvalue weighted by molar-refractivity contribution is 5.94. The smallest absolute Gasteiger partial charge is 0.341 e. The van der Waals surface area contributed by atoms with Gasteiger partial charge in [-0.1, -0.05) is 6.07 Å². The maximum absolute atomic E-state index is 12.3. The van der Waals surface area contributed by atoms with Gasteiger partial charge in [0.1, 0.15) is 11.3 Å². The number of ether oxygens (including phenoxy) is 1. The standard InChI is InChI=1S/C16H19NO4/c1-9(2)17-8-12(16(19)20)15(18)11-6-5-7-13(14(11)17)21-10(3)4/h5-10H,1-4H3,(H,19,20). The lowest BCUT2D eigenvalue weighted by molar-refractivity contribution is 0.0694. The summed E-state index contributed by atoms with van der Waals surface area (Å²) in [7, 11) is 0. The summed E-state index contributed by atoms with van der Waals surface area (Å²) in [5, 5.41) is 9.56. The van der Waals surface area contributed by atoms with Gasteiger partial charge in [-0.15, -0.1) is 0 Å². The van der Waals surface area contributed by atoms with Crippen molar-refractivity contribution in [1.82, 2.24) is 4.57 Å². The molecule has 0 fully saturated rings. The van der Waals surface area contributed by atoms with E-state index >= 15 is 0 Å². The molecule has 0 bridgehead atoms. The van der Waals surface area contributed by atoms with Gasteiger partial charge in [-0.2, -0.15) is 0 Å². The van der Waals surface area contributed by atoms with Gasteiger partial charge in [0.25, 0.3) is 0 Å². The molecule has 112 valence electrons. The van der Waals surface area contributed by atoms with Crippen LogP contribution in [0.15, 0.2) is 29.2 Å². The number of carboxylic acid groups (broad SMARTS) is 1. The van der Waals surface area contributed by atoms with E-state index in [1.807, 2.05) is 27.7 Å². The summed E-state index contributed by atoms with van der Waals surface area (Å²) in [5.41, 5.74) is -0.0716. The number of benzene rings is 1. The molecule has 1 aromatic carbocycles. The summed E-state index contributed by atoms with van der Waals surface area (Å²) in [6.45, 7) is 7.67. The number of para-hydroxylation sites is 1. The van der Waals surface area contributed by atoms with Crippen LogP contribution < -0.4 is 10.2 Å². The maximum atomic E-state index is 12.3. The molecule has 2 aromatic rings. The highest BCUT2D eigenvalue weighted by Gasteiger charge is 2.18. The van der Waals surface area contributed by atoms with Gasteiger partial charge in [-0.25, -0.2) is 4.79 Å². The van der Waals surface area contributed by atoms with Gasteiger partial charge in [-0.3, -0.25) is 4.79 Å². The number of fused-ring (bicyclic) bond motifs is 1. The highest BCUT2D eigenvalue weighted by atomic mass is 16.5. The lowest BCUT2D eigenvalue weighted by atomic mass is 10.1. The van der Waals surface area contributed by atoms with Crippen LogP contribution in [-0.2, 0) is 0 Å². The lowest BCUT2D eigenvalue weighted by Gasteiger charge is -2.20. The first-order valence-corrected chi connectivity index (χ1v) is 6.90. The minimum Gasteiger partial charge on any atom is -0.489 e. The third kappa shape index (κ3) is 2.77. The Morgan fingerprint density at radius 2 is 1.90 bits per heavy atom. The zero-order valence-corrected chi connectivity index (χ0v) is 12.6. The van der Waals surface area contributed by atoms with E-state index in [0.717, 1.165) is 0 Å². The number of pyridine rings is 1. The van der Waals surface area contributed by atoms with Crippen molar-refractivity contribution in [2.75, 3.05) is 0 Å². The Morgan fingerprint density at radius 3 is 2.43 bits per heavy atom. The normalized spacial score (nSPS) is 11.3. The molecule has 21 heavy (non-hydrogen) atoms. The van der Waals surface area contributed by atoms with Gasteiger partial charge < -0.3 is 14.4 Å². The molecule has 0 atom stereocenters. The first-order chi connectivity index (χ1) is 9.82. The van der Waals surface area contributed by atoms with E-state index in [0.29, 0.717) is 16.7 Å². The number of rotatable bonds is 4. The maximum Gasteiger partial charge on any atom is 0.341 e. The van der Waals surface area contributed by atoms with E-state index in [-0.39, 0.29) is 17.7 Å². The lowest BCUT2D eigenvalue weighted by Crippen LogP contribution is -2.20.